The second-order valence-electron chi connectivity index (χ2n) is 4.68. The van der Waals surface area contributed by atoms with Crippen LogP contribution >= 0.6 is 23.2 Å². The summed E-state index contributed by atoms with van der Waals surface area (Å²) >= 11 is 11.8. The first-order valence-electron chi connectivity index (χ1n) is 5.77. The Kier molecular flexibility index (Phi) is 4.08. The number of benzene rings is 1. The van der Waals surface area contributed by atoms with Crippen LogP contribution in [0.2, 0.25) is 10.0 Å². The first-order chi connectivity index (χ1) is 8.06. The van der Waals surface area contributed by atoms with E-state index in [1.165, 1.54) is 6.42 Å². The van der Waals surface area contributed by atoms with Crippen molar-refractivity contribution in [1.82, 2.24) is 4.90 Å². The lowest BCUT2D eigenvalue weighted by molar-refractivity contribution is 0.0944. The quantitative estimate of drug-likeness (QED) is 0.785. The van der Waals surface area contributed by atoms with E-state index in [1.54, 1.807) is 18.2 Å². The van der Waals surface area contributed by atoms with Gasteiger partial charge in [-0.15, -0.1) is 0 Å². The number of halogens is 2. The van der Waals surface area contributed by atoms with Crippen LogP contribution in [0.5, 0.6) is 0 Å². The Bertz CT molecular complexity index is 433. The van der Waals surface area contributed by atoms with Gasteiger partial charge in [0.2, 0.25) is 0 Å². The smallest absolute Gasteiger partial charge is 0.178 e. The number of carbonyl (C=O) groups is 1. The summed E-state index contributed by atoms with van der Waals surface area (Å²) in [7, 11) is 0. The average molecular weight is 272 g/mol. The highest BCUT2D eigenvalue weighted by Gasteiger charge is 2.22. The molecule has 17 heavy (non-hydrogen) atoms. The van der Waals surface area contributed by atoms with Crippen LogP contribution in [-0.2, 0) is 0 Å². The molecule has 4 heteroatoms. The highest BCUT2D eigenvalue weighted by molar-refractivity contribution is 6.36. The highest BCUT2D eigenvalue weighted by atomic mass is 35.5. The fourth-order valence-electron chi connectivity index (χ4n) is 2.17. The number of nitrogens with zero attached hydrogens (tertiary/aromatic N) is 1. The van der Waals surface area contributed by atoms with E-state index in [0.29, 0.717) is 28.1 Å². The monoisotopic (exact) mass is 271 g/mol. The number of likely N-dealkylation sites (tertiary alicyclic amines) is 1. The second kappa shape index (κ2) is 5.38. The molecule has 0 aliphatic carbocycles. The Hall–Kier alpha value is -0.570. The van der Waals surface area contributed by atoms with Crippen molar-refractivity contribution in [2.24, 2.45) is 5.92 Å². The number of carbonyl (C=O) groups excluding carboxylic acids is 1. The molecule has 0 spiro atoms. The maximum atomic E-state index is 12.1. The third-order valence-corrected chi connectivity index (χ3v) is 3.65. The van der Waals surface area contributed by atoms with Crippen LogP contribution in [0, 0.1) is 5.92 Å². The molecule has 0 radical (unpaired) electrons. The molecule has 1 aliphatic heterocycles. The van der Waals surface area contributed by atoms with E-state index >= 15 is 0 Å². The van der Waals surface area contributed by atoms with Gasteiger partial charge in [0, 0.05) is 17.1 Å². The zero-order chi connectivity index (χ0) is 12.4. The lowest BCUT2D eigenvalue weighted by Crippen LogP contribution is -2.27. The average Bonchev–Trinajstić information content (AvgIpc) is 2.63. The van der Waals surface area contributed by atoms with E-state index in [0.717, 1.165) is 13.1 Å². The Labute approximate surface area is 112 Å². The molecule has 0 saturated carbocycles. The molecule has 1 fully saturated rings. The van der Waals surface area contributed by atoms with Crippen molar-refractivity contribution in [3.05, 3.63) is 33.8 Å². The number of rotatable bonds is 3. The van der Waals surface area contributed by atoms with E-state index in [9.17, 15) is 4.79 Å². The molecule has 1 heterocycles. The van der Waals surface area contributed by atoms with Crippen LogP contribution in [0.4, 0.5) is 0 Å². The van der Waals surface area contributed by atoms with Gasteiger partial charge < -0.3 is 0 Å². The minimum atomic E-state index is 0.0702. The van der Waals surface area contributed by atoms with E-state index in [4.69, 9.17) is 23.2 Å². The molecule has 2 rings (SSSR count). The summed E-state index contributed by atoms with van der Waals surface area (Å²) in [6, 6.07) is 5.02. The van der Waals surface area contributed by atoms with Crippen LogP contribution in [0.1, 0.15) is 23.7 Å². The zero-order valence-corrected chi connectivity index (χ0v) is 11.3. The second-order valence-corrected chi connectivity index (χ2v) is 5.52. The van der Waals surface area contributed by atoms with Gasteiger partial charge in [0.25, 0.3) is 0 Å². The molecule has 1 unspecified atom stereocenters. The van der Waals surface area contributed by atoms with Gasteiger partial charge in [-0.2, -0.15) is 0 Å². The number of Topliss-reactive ketones (excluding diaryl/α,β-unsaturated/α-hetero) is 1. The maximum absolute atomic E-state index is 12.1. The van der Waals surface area contributed by atoms with Crippen molar-refractivity contribution in [3.63, 3.8) is 0 Å². The summed E-state index contributed by atoms with van der Waals surface area (Å²) in [5.74, 6) is 0.754. The third-order valence-electron chi connectivity index (χ3n) is 3.11. The first kappa shape index (κ1) is 12.9. The molecule has 1 aromatic rings. The van der Waals surface area contributed by atoms with Gasteiger partial charge in [-0.3, -0.25) is 9.69 Å². The van der Waals surface area contributed by atoms with Crippen LogP contribution in [0.3, 0.4) is 0 Å². The van der Waals surface area contributed by atoms with Crippen LogP contribution in [0.25, 0.3) is 0 Å². The largest absolute Gasteiger partial charge is 0.296 e. The van der Waals surface area contributed by atoms with Crippen molar-refractivity contribution >= 4 is 29.0 Å². The van der Waals surface area contributed by atoms with Gasteiger partial charge >= 0.3 is 0 Å². The topological polar surface area (TPSA) is 20.3 Å². The number of ketones is 1. The molecule has 0 aromatic heterocycles. The van der Waals surface area contributed by atoms with Gasteiger partial charge in [0.15, 0.2) is 5.78 Å². The summed E-state index contributed by atoms with van der Waals surface area (Å²) in [5.41, 5.74) is 0.565. The molecule has 1 aromatic carbocycles. The normalized spacial score (nSPS) is 20.8. The Morgan fingerprint density at radius 3 is 2.82 bits per heavy atom. The van der Waals surface area contributed by atoms with Crippen LogP contribution in [-0.4, -0.2) is 30.3 Å². The summed E-state index contributed by atoms with van der Waals surface area (Å²) in [6.07, 6.45) is 1.17. The van der Waals surface area contributed by atoms with Crippen molar-refractivity contribution in [2.45, 2.75) is 13.3 Å². The fraction of sp³-hybridized carbons (Fsp3) is 0.462. The third kappa shape index (κ3) is 3.21. The molecular weight excluding hydrogens is 257 g/mol. The van der Waals surface area contributed by atoms with E-state index < -0.39 is 0 Å². The molecule has 0 amide bonds. The maximum Gasteiger partial charge on any atom is 0.178 e. The van der Waals surface area contributed by atoms with Crippen molar-refractivity contribution in [3.8, 4) is 0 Å². The summed E-state index contributed by atoms with van der Waals surface area (Å²) in [4.78, 5) is 14.2. The molecule has 0 bridgehead atoms. The zero-order valence-electron chi connectivity index (χ0n) is 9.75. The Balaban J connectivity index is 2.04. The lowest BCUT2D eigenvalue weighted by Gasteiger charge is -2.14. The molecule has 2 nitrogen and oxygen atoms in total. The van der Waals surface area contributed by atoms with Crippen LogP contribution in [0.15, 0.2) is 18.2 Å². The predicted molar refractivity (Wildman–Crippen MR) is 71.0 cm³/mol. The number of hydrogen-bond acceptors (Lipinski definition) is 2. The summed E-state index contributed by atoms with van der Waals surface area (Å²) in [6.45, 7) is 4.65. The molecule has 1 atom stereocenters. The van der Waals surface area contributed by atoms with Crippen molar-refractivity contribution in [2.75, 3.05) is 19.6 Å². The minimum absolute atomic E-state index is 0.0702. The van der Waals surface area contributed by atoms with Crippen molar-refractivity contribution < 1.29 is 4.79 Å². The van der Waals surface area contributed by atoms with Gasteiger partial charge in [-0.05, 0) is 37.1 Å². The molecule has 1 aliphatic rings. The molecule has 92 valence electrons. The molecule has 0 N–H and O–H groups in total. The van der Waals surface area contributed by atoms with Gasteiger partial charge in [0.1, 0.15) is 0 Å². The lowest BCUT2D eigenvalue weighted by atomic mass is 10.1. The first-order valence-corrected chi connectivity index (χ1v) is 6.52. The minimum Gasteiger partial charge on any atom is -0.296 e. The summed E-state index contributed by atoms with van der Waals surface area (Å²) in [5, 5.41) is 0.996. The fourth-order valence-corrected chi connectivity index (χ4v) is 2.69. The number of hydrogen-bond donors (Lipinski definition) is 0. The van der Waals surface area contributed by atoms with Gasteiger partial charge in [-0.1, -0.05) is 30.1 Å². The predicted octanol–water partition coefficient (Wildman–Crippen LogP) is 3.52. The van der Waals surface area contributed by atoms with Crippen molar-refractivity contribution in [1.29, 1.82) is 0 Å². The Morgan fingerprint density at radius 2 is 2.24 bits per heavy atom. The standard InChI is InChI=1S/C13H15Cl2NO/c1-9-4-5-16(7-9)8-13(17)11-3-2-10(14)6-12(11)15/h2-3,6,9H,4-5,7-8H2,1H3. The summed E-state index contributed by atoms with van der Waals surface area (Å²) < 4.78 is 0. The molecule has 1 saturated heterocycles. The van der Waals surface area contributed by atoms with E-state index in [1.807, 2.05) is 0 Å². The van der Waals surface area contributed by atoms with E-state index in [2.05, 4.69) is 11.8 Å². The van der Waals surface area contributed by atoms with Gasteiger partial charge in [-0.25, -0.2) is 0 Å². The highest BCUT2D eigenvalue weighted by Crippen LogP contribution is 2.22. The Morgan fingerprint density at radius 1 is 1.47 bits per heavy atom. The van der Waals surface area contributed by atoms with Crippen LogP contribution < -0.4 is 0 Å². The molecular formula is C13H15Cl2NO. The van der Waals surface area contributed by atoms with E-state index in [-0.39, 0.29) is 5.78 Å². The van der Waals surface area contributed by atoms with Gasteiger partial charge in [0.05, 0.1) is 11.6 Å². The SMILES string of the molecule is CC1CCN(CC(=O)c2ccc(Cl)cc2Cl)C1.